The van der Waals surface area contributed by atoms with Crippen LogP contribution in [0.4, 0.5) is 19.2 Å². The number of carbonyl (C=O) groups is 4. The van der Waals surface area contributed by atoms with Crippen molar-refractivity contribution in [3.63, 3.8) is 0 Å². The fourth-order valence-corrected chi connectivity index (χ4v) is 7.45. The first kappa shape index (κ1) is 40.4. The Morgan fingerprint density at radius 1 is 0.702 bits per heavy atom. The molecule has 4 aliphatic heterocycles. The van der Waals surface area contributed by atoms with Crippen LogP contribution in [0.1, 0.15) is 17.5 Å². The van der Waals surface area contributed by atoms with Crippen LogP contribution < -0.4 is 21.3 Å². The standard InChI is InChI=1S/C36H44N4O17/c41-13-21-29-22(40-36(49)56-29)23(42)31(53-21)54-27-18(38-34(47)50-14-16-7-3-1-4-8-16)11-19(39-35(48)51-15-17-9-5-2-6-10-17)28(26(27)45)55-32-25(44)24(43)30-20(52-32)12-37-33(46)57-30/h1-10,18-32,41-45H,11-15H2,(H,37,46)(H,38,47)(H,39,48)(H,40,49)/t18-,19+,20+,21+,22+,23+,24+,25+,26-,27+,28-,29+,30+,31+,32+/m0/s1. The summed E-state index contributed by atoms with van der Waals surface area (Å²) in [6, 6.07) is 14.0. The number of aliphatic hydroxyl groups excluding tert-OH is 5. The molecule has 9 N–H and O–H groups in total. The average molecular weight is 805 g/mol. The Hall–Kier alpha value is -4.84. The topological polar surface area (TPSA) is 291 Å². The molecule has 0 spiro atoms. The summed E-state index contributed by atoms with van der Waals surface area (Å²) >= 11 is 0. The summed E-state index contributed by atoms with van der Waals surface area (Å²) in [6.07, 6.45) is -21.9. The van der Waals surface area contributed by atoms with Gasteiger partial charge < -0.3 is 84.7 Å². The predicted molar refractivity (Wildman–Crippen MR) is 185 cm³/mol. The second-order valence-corrected chi connectivity index (χ2v) is 14.1. The lowest BCUT2D eigenvalue weighted by Gasteiger charge is -2.49. The van der Waals surface area contributed by atoms with E-state index in [-0.39, 0.29) is 26.2 Å². The molecule has 2 aromatic carbocycles. The predicted octanol–water partition coefficient (Wildman–Crippen LogP) is -1.78. The van der Waals surface area contributed by atoms with Crippen molar-refractivity contribution < 1.29 is 82.6 Å². The average Bonchev–Trinajstić information content (AvgIpc) is 3.61. The van der Waals surface area contributed by atoms with Crippen molar-refractivity contribution in [3.05, 3.63) is 71.8 Å². The fourth-order valence-electron chi connectivity index (χ4n) is 7.45. The molecule has 0 bridgehead atoms. The Morgan fingerprint density at radius 3 is 1.81 bits per heavy atom. The maximum Gasteiger partial charge on any atom is 0.408 e. The first-order chi connectivity index (χ1) is 27.5. The normalized spacial score (nSPS) is 37.2. The van der Waals surface area contributed by atoms with Crippen LogP contribution in [0.5, 0.6) is 0 Å². The molecule has 5 fully saturated rings. The zero-order valence-electron chi connectivity index (χ0n) is 30.1. The van der Waals surface area contributed by atoms with Crippen LogP contribution >= 0.6 is 0 Å². The van der Waals surface area contributed by atoms with Crippen molar-refractivity contribution in [1.29, 1.82) is 0 Å². The third-order valence-corrected chi connectivity index (χ3v) is 10.3. The van der Waals surface area contributed by atoms with E-state index in [0.29, 0.717) is 11.1 Å². The number of hydrogen-bond donors (Lipinski definition) is 9. The van der Waals surface area contributed by atoms with Gasteiger partial charge in [0.2, 0.25) is 0 Å². The number of alkyl carbamates (subject to hydrolysis) is 4. The molecule has 21 heteroatoms. The summed E-state index contributed by atoms with van der Waals surface area (Å²) in [4.78, 5) is 50.5. The van der Waals surface area contributed by atoms with Crippen molar-refractivity contribution in [2.24, 2.45) is 0 Å². The van der Waals surface area contributed by atoms with E-state index in [0.717, 1.165) is 0 Å². The van der Waals surface area contributed by atoms with Crippen molar-refractivity contribution in [1.82, 2.24) is 21.3 Å². The Kier molecular flexibility index (Phi) is 12.6. The van der Waals surface area contributed by atoms with E-state index in [1.807, 2.05) is 0 Å². The Bertz CT molecular complexity index is 1710. The van der Waals surface area contributed by atoms with Gasteiger partial charge in [-0.3, -0.25) is 0 Å². The third kappa shape index (κ3) is 9.16. The molecule has 7 rings (SSSR count). The summed E-state index contributed by atoms with van der Waals surface area (Å²) in [5, 5.41) is 65.6. The van der Waals surface area contributed by atoms with Gasteiger partial charge in [0.15, 0.2) is 24.8 Å². The van der Waals surface area contributed by atoms with Gasteiger partial charge in [-0.1, -0.05) is 60.7 Å². The highest BCUT2D eigenvalue weighted by Crippen LogP contribution is 2.35. The molecular weight excluding hydrogens is 760 g/mol. The van der Waals surface area contributed by atoms with E-state index in [9.17, 15) is 44.7 Å². The zero-order valence-corrected chi connectivity index (χ0v) is 30.1. The van der Waals surface area contributed by atoms with Crippen LogP contribution in [0.3, 0.4) is 0 Å². The molecule has 1 aliphatic carbocycles. The van der Waals surface area contributed by atoms with Gasteiger partial charge in [0, 0.05) is 0 Å². The minimum atomic E-state index is -1.87. The highest BCUT2D eigenvalue weighted by molar-refractivity contribution is 5.71. The molecule has 4 heterocycles. The molecule has 4 amide bonds. The number of ether oxygens (including phenoxy) is 8. The molecule has 21 nitrogen and oxygen atoms in total. The van der Waals surface area contributed by atoms with Crippen molar-refractivity contribution in [3.8, 4) is 0 Å². The molecule has 15 atom stereocenters. The van der Waals surface area contributed by atoms with Crippen LogP contribution in [0.25, 0.3) is 0 Å². The van der Waals surface area contributed by atoms with Gasteiger partial charge in [0.25, 0.3) is 0 Å². The van der Waals surface area contributed by atoms with Crippen molar-refractivity contribution >= 4 is 24.4 Å². The molecular formula is C36H44N4O17. The second kappa shape index (κ2) is 17.7. The van der Waals surface area contributed by atoms with Crippen LogP contribution in [-0.4, -0.2) is 155 Å². The first-order valence-electron chi connectivity index (χ1n) is 18.3. The fraction of sp³-hybridized carbons (Fsp3) is 0.556. The third-order valence-electron chi connectivity index (χ3n) is 10.3. The van der Waals surface area contributed by atoms with Crippen LogP contribution in [0, 0.1) is 0 Å². The van der Waals surface area contributed by atoms with Crippen molar-refractivity contribution in [2.45, 2.75) is 111 Å². The molecule has 57 heavy (non-hydrogen) atoms. The van der Waals surface area contributed by atoms with Gasteiger partial charge in [0.05, 0.1) is 25.2 Å². The van der Waals surface area contributed by atoms with Gasteiger partial charge in [-0.2, -0.15) is 0 Å². The van der Waals surface area contributed by atoms with E-state index in [2.05, 4.69) is 21.3 Å². The maximum absolute atomic E-state index is 13.3. The summed E-state index contributed by atoms with van der Waals surface area (Å²) in [5.74, 6) is 0. The van der Waals surface area contributed by atoms with Gasteiger partial charge in [0.1, 0.15) is 68.1 Å². The zero-order chi connectivity index (χ0) is 40.2. The van der Waals surface area contributed by atoms with Crippen LogP contribution in [0.2, 0.25) is 0 Å². The Morgan fingerprint density at radius 2 is 1.25 bits per heavy atom. The molecule has 0 unspecified atom stereocenters. The number of aliphatic hydroxyl groups is 5. The number of amides is 4. The molecule has 1 saturated carbocycles. The molecule has 0 aromatic heterocycles. The Labute approximate surface area is 324 Å². The number of benzene rings is 2. The number of hydrogen-bond acceptors (Lipinski definition) is 17. The molecule has 4 saturated heterocycles. The van der Waals surface area contributed by atoms with E-state index in [4.69, 9.17) is 37.9 Å². The monoisotopic (exact) mass is 804 g/mol. The van der Waals surface area contributed by atoms with Gasteiger partial charge in [-0.15, -0.1) is 0 Å². The lowest BCUT2D eigenvalue weighted by molar-refractivity contribution is -0.334. The second-order valence-electron chi connectivity index (χ2n) is 14.1. The molecule has 2 aromatic rings. The number of nitrogens with one attached hydrogen (secondary N) is 4. The summed E-state index contributed by atoms with van der Waals surface area (Å²) in [6.45, 7) is -1.05. The molecule has 5 aliphatic rings. The van der Waals surface area contributed by atoms with E-state index in [1.54, 1.807) is 60.7 Å². The lowest BCUT2D eigenvalue weighted by Crippen LogP contribution is -2.70. The van der Waals surface area contributed by atoms with E-state index < -0.39 is 123 Å². The first-order valence-corrected chi connectivity index (χ1v) is 18.3. The number of carbonyl (C=O) groups excluding carboxylic acids is 4. The smallest absolute Gasteiger partial charge is 0.408 e. The van der Waals surface area contributed by atoms with Crippen LogP contribution in [-0.2, 0) is 51.1 Å². The van der Waals surface area contributed by atoms with Gasteiger partial charge in [-0.05, 0) is 17.5 Å². The minimum absolute atomic E-state index is 0.123. The van der Waals surface area contributed by atoms with Crippen molar-refractivity contribution in [2.75, 3.05) is 13.2 Å². The largest absolute Gasteiger partial charge is 0.445 e. The Balaban J connectivity index is 1.16. The quantitative estimate of drug-likeness (QED) is 0.114. The molecule has 310 valence electrons. The number of fused-ring (bicyclic) bond motifs is 2. The van der Waals surface area contributed by atoms with E-state index >= 15 is 0 Å². The SMILES string of the molecule is O=C(N[C@H]1C[C@@H](NC(=O)OCc2ccccc2)[C@H](O[C@H]2O[C@@H]3CNC(=O)O[C@H]3[C@H](O)[C@H]2O)[C@@H](O)[C@@H]1O[C@H]1O[C@H](CO)[C@H]2OC(=O)N[C@@H]2[C@H]1O)OCc1ccccc1. The molecule has 0 radical (unpaired) electrons. The lowest BCUT2D eigenvalue weighted by atomic mass is 9.83. The highest BCUT2D eigenvalue weighted by atomic mass is 16.7. The number of rotatable bonds is 11. The van der Waals surface area contributed by atoms with E-state index in [1.165, 1.54) is 0 Å². The van der Waals surface area contributed by atoms with Gasteiger partial charge >= 0.3 is 24.4 Å². The van der Waals surface area contributed by atoms with Gasteiger partial charge in [-0.25, -0.2) is 19.2 Å². The summed E-state index contributed by atoms with van der Waals surface area (Å²) < 4.78 is 45.1. The summed E-state index contributed by atoms with van der Waals surface area (Å²) in [7, 11) is 0. The minimum Gasteiger partial charge on any atom is -0.445 e. The maximum atomic E-state index is 13.3. The summed E-state index contributed by atoms with van der Waals surface area (Å²) in [5.41, 5.74) is 1.33. The highest BCUT2D eigenvalue weighted by Gasteiger charge is 2.57. The van der Waals surface area contributed by atoms with Crippen LogP contribution in [0.15, 0.2) is 60.7 Å².